The minimum atomic E-state index is -0.0677. The van der Waals surface area contributed by atoms with Crippen LogP contribution < -0.4 is 10.6 Å². The lowest BCUT2D eigenvalue weighted by Gasteiger charge is -2.16. The Hall–Kier alpha value is -3.54. The molecule has 6 N–H and O–H groups in total. The average molecular weight is 354 g/mol. The molecule has 3 aromatic rings. The molecule has 3 rings (SSSR count). The predicted molar refractivity (Wildman–Crippen MR) is 104 cm³/mol. The van der Waals surface area contributed by atoms with Gasteiger partial charge in [0.15, 0.2) is 0 Å². The summed E-state index contributed by atoms with van der Waals surface area (Å²) in [5.41, 5.74) is 2.48. The fourth-order valence-corrected chi connectivity index (χ4v) is 2.39. The number of nitrogens with one attached hydrogen (secondary N) is 2. The molecule has 0 aliphatic carbocycles. The maximum atomic E-state index is 10.3. The highest BCUT2D eigenvalue weighted by Gasteiger charge is 2.15. The quantitative estimate of drug-likeness (QED) is 0.293. The van der Waals surface area contributed by atoms with E-state index in [1.807, 2.05) is 0 Å². The van der Waals surface area contributed by atoms with Crippen LogP contribution in [-0.4, -0.2) is 20.4 Å². The molecule has 0 fully saturated rings. The SMILES string of the molecule is C.Cc1c(O)c(Nc2ccc(O)cc2)cc(Nc2ccc(O)cc2)c1O. The van der Waals surface area contributed by atoms with E-state index in [9.17, 15) is 20.4 Å². The van der Waals surface area contributed by atoms with Crippen LogP contribution in [0.25, 0.3) is 0 Å². The topological polar surface area (TPSA) is 105 Å². The van der Waals surface area contributed by atoms with Crippen LogP contribution in [0.4, 0.5) is 22.7 Å². The Morgan fingerprint density at radius 2 is 0.962 bits per heavy atom. The van der Waals surface area contributed by atoms with Crippen molar-refractivity contribution >= 4 is 22.7 Å². The molecule has 26 heavy (non-hydrogen) atoms. The van der Waals surface area contributed by atoms with Gasteiger partial charge in [-0.3, -0.25) is 0 Å². The monoisotopic (exact) mass is 354 g/mol. The van der Waals surface area contributed by atoms with Gasteiger partial charge in [-0.1, -0.05) is 7.43 Å². The molecule has 0 saturated heterocycles. The molecule has 6 nitrogen and oxygen atoms in total. The van der Waals surface area contributed by atoms with Crippen LogP contribution in [0.1, 0.15) is 13.0 Å². The Labute approximate surface area is 152 Å². The smallest absolute Gasteiger partial charge is 0.145 e. The number of hydrogen-bond donors (Lipinski definition) is 6. The molecular formula is C20H22N2O4. The van der Waals surface area contributed by atoms with Crippen molar-refractivity contribution in [1.29, 1.82) is 0 Å². The number of benzene rings is 3. The summed E-state index contributed by atoms with van der Waals surface area (Å²) < 4.78 is 0. The van der Waals surface area contributed by atoms with Gasteiger partial charge < -0.3 is 31.1 Å². The zero-order valence-electron chi connectivity index (χ0n) is 13.5. The molecule has 0 aliphatic rings. The Balaban J connectivity index is 0.00000243. The number of aromatic hydroxyl groups is 4. The average Bonchev–Trinajstić information content (AvgIpc) is 2.61. The van der Waals surface area contributed by atoms with Crippen LogP contribution >= 0.6 is 0 Å². The highest BCUT2D eigenvalue weighted by molar-refractivity contribution is 5.80. The fraction of sp³-hybridized carbons (Fsp3) is 0.100. The predicted octanol–water partition coefficient (Wildman–Crippen LogP) is 4.94. The zero-order valence-corrected chi connectivity index (χ0v) is 13.5. The second kappa shape index (κ2) is 7.57. The van der Waals surface area contributed by atoms with Crippen molar-refractivity contribution in [2.45, 2.75) is 14.4 Å². The summed E-state index contributed by atoms with van der Waals surface area (Å²) in [5, 5.41) is 45.4. The zero-order chi connectivity index (χ0) is 18.0. The first-order valence-corrected chi connectivity index (χ1v) is 7.61. The van der Waals surface area contributed by atoms with Crippen molar-refractivity contribution in [2.75, 3.05) is 10.6 Å². The summed E-state index contributed by atoms with van der Waals surface area (Å²) >= 11 is 0. The van der Waals surface area contributed by atoms with Crippen LogP contribution in [0.3, 0.4) is 0 Å². The Morgan fingerprint density at radius 3 is 1.31 bits per heavy atom. The molecule has 0 saturated carbocycles. The van der Waals surface area contributed by atoms with Crippen LogP contribution in [0.15, 0.2) is 54.6 Å². The van der Waals surface area contributed by atoms with E-state index < -0.39 is 0 Å². The molecule has 136 valence electrons. The third-order valence-corrected chi connectivity index (χ3v) is 3.80. The highest BCUT2D eigenvalue weighted by atomic mass is 16.3. The van der Waals surface area contributed by atoms with E-state index in [1.54, 1.807) is 37.3 Å². The number of hydrogen-bond acceptors (Lipinski definition) is 6. The Morgan fingerprint density at radius 1 is 0.615 bits per heavy atom. The fourth-order valence-electron chi connectivity index (χ4n) is 2.39. The molecule has 0 heterocycles. The van der Waals surface area contributed by atoms with Gasteiger partial charge in [-0.05, 0) is 61.5 Å². The normalized spacial score (nSPS) is 10.0. The van der Waals surface area contributed by atoms with Gasteiger partial charge in [-0.2, -0.15) is 0 Å². The Kier molecular flexibility index (Phi) is 5.47. The standard InChI is InChI=1S/C19H18N2O4.CH4/c1-11-18(24)16(20-12-2-6-14(22)7-3-12)10-17(19(11)25)21-13-4-8-15(23)9-5-13;/h2-10,20-25H,1H3;1H4. The van der Waals surface area contributed by atoms with E-state index in [0.717, 1.165) is 0 Å². The van der Waals surface area contributed by atoms with Crippen molar-refractivity contribution in [3.63, 3.8) is 0 Å². The molecule has 6 heteroatoms. The summed E-state index contributed by atoms with van der Waals surface area (Å²) in [7, 11) is 0. The highest BCUT2D eigenvalue weighted by Crippen LogP contribution is 2.42. The first-order chi connectivity index (χ1) is 11.9. The third kappa shape index (κ3) is 3.92. The first-order valence-electron chi connectivity index (χ1n) is 7.61. The molecule has 0 spiro atoms. The number of rotatable bonds is 4. The lowest BCUT2D eigenvalue weighted by atomic mass is 10.1. The van der Waals surface area contributed by atoms with Crippen molar-refractivity contribution < 1.29 is 20.4 Å². The van der Waals surface area contributed by atoms with Gasteiger partial charge in [0.2, 0.25) is 0 Å². The number of phenols is 4. The largest absolute Gasteiger partial charge is 0.508 e. The maximum Gasteiger partial charge on any atom is 0.145 e. The van der Waals surface area contributed by atoms with E-state index in [2.05, 4.69) is 10.6 Å². The van der Waals surface area contributed by atoms with Crippen molar-refractivity contribution in [3.8, 4) is 23.0 Å². The molecule has 0 aliphatic heterocycles. The third-order valence-electron chi connectivity index (χ3n) is 3.80. The van der Waals surface area contributed by atoms with E-state index >= 15 is 0 Å². The van der Waals surface area contributed by atoms with Crippen molar-refractivity contribution in [2.24, 2.45) is 0 Å². The van der Waals surface area contributed by atoms with E-state index in [1.165, 1.54) is 24.3 Å². The molecular weight excluding hydrogens is 332 g/mol. The lowest BCUT2D eigenvalue weighted by molar-refractivity contribution is 0.446. The second-order valence-corrected chi connectivity index (χ2v) is 5.64. The second-order valence-electron chi connectivity index (χ2n) is 5.64. The minimum Gasteiger partial charge on any atom is -0.508 e. The molecule has 0 aromatic heterocycles. The van der Waals surface area contributed by atoms with Gasteiger partial charge in [0.05, 0.1) is 11.4 Å². The van der Waals surface area contributed by atoms with Gasteiger partial charge in [0.1, 0.15) is 23.0 Å². The van der Waals surface area contributed by atoms with Crippen LogP contribution in [-0.2, 0) is 0 Å². The van der Waals surface area contributed by atoms with E-state index in [0.29, 0.717) is 28.3 Å². The van der Waals surface area contributed by atoms with Crippen LogP contribution in [0.5, 0.6) is 23.0 Å². The van der Waals surface area contributed by atoms with E-state index in [4.69, 9.17) is 0 Å². The molecule has 0 bridgehead atoms. The van der Waals surface area contributed by atoms with Crippen LogP contribution in [0.2, 0.25) is 0 Å². The van der Waals surface area contributed by atoms with Gasteiger partial charge in [0, 0.05) is 16.9 Å². The van der Waals surface area contributed by atoms with Crippen molar-refractivity contribution in [1.82, 2.24) is 0 Å². The summed E-state index contributed by atoms with van der Waals surface area (Å²) in [5.74, 6) is 0.154. The molecule has 0 unspecified atom stereocenters. The van der Waals surface area contributed by atoms with Crippen molar-refractivity contribution in [3.05, 3.63) is 60.2 Å². The van der Waals surface area contributed by atoms with Gasteiger partial charge in [0.25, 0.3) is 0 Å². The van der Waals surface area contributed by atoms with Crippen LogP contribution in [0, 0.1) is 6.92 Å². The summed E-state index contributed by atoms with van der Waals surface area (Å²) in [4.78, 5) is 0. The number of phenolic OH excluding ortho intramolecular Hbond substituents is 4. The van der Waals surface area contributed by atoms with Gasteiger partial charge in [-0.25, -0.2) is 0 Å². The first kappa shape index (κ1) is 18.8. The maximum absolute atomic E-state index is 10.3. The molecule has 0 radical (unpaired) electrons. The van der Waals surface area contributed by atoms with Gasteiger partial charge in [-0.15, -0.1) is 0 Å². The molecule has 0 atom stereocenters. The lowest BCUT2D eigenvalue weighted by Crippen LogP contribution is -1.97. The molecule has 3 aromatic carbocycles. The summed E-state index contributed by atoms with van der Waals surface area (Å²) in [6, 6.07) is 14.4. The van der Waals surface area contributed by atoms with Gasteiger partial charge >= 0.3 is 0 Å². The Bertz CT molecular complexity index is 819. The minimum absolute atomic E-state index is 0. The summed E-state index contributed by atoms with van der Waals surface area (Å²) in [6.45, 7) is 1.61. The summed E-state index contributed by atoms with van der Waals surface area (Å²) in [6.07, 6.45) is 0. The molecule has 0 amide bonds. The van der Waals surface area contributed by atoms with E-state index in [-0.39, 0.29) is 30.4 Å². The number of anilines is 4.